The van der Waals surface area contributed by atoms with Gasteiger partial charge in [-0.15, -0.1) is 0 Å². The van der Waals surface area contributed by atoms with Crippen LogP contribution >= 0.6 is 15.9 Å². The van der Waals surface area contributed by atoms with E-state index in [2.05, 4.69) is 46.0 Å². The quantitative estimate of drug-likeness (QED) is 0.642. The Morgan fingerprint density at radius 1 is 1.42 bits per heavy atom. The van der Waals surface area contributed by atoms with Crippen molar-refractivity contribution >= 4 is 21.6 Å². The predicted molar refractivity (Wildman–Crippen MR) is 54.9 cm³/mol. The van der Waals surface area contributed by atoms with Crippen LogP contribution in [0.2, 0.25) is 0 Å². The van der Waals surface area contributed by atoms with Gasteiger partial charge in [-0.25, -0.2) is 0 Å². The van der Waals surface area contributed by atoms with Crippen LogP contribution in [0.4, 0.5) is 0 Å². The summed E-state index contributed by atoms with van der Waals surface area (Å²) in [6, 6.07) is 6.42. The molecule has 12 heavy (non-hydrogen) atoms. The Balaban J connectivity index is 2.58. The molecule has 1 aromatic rings. The summed E-state index contributed by atoms with van der Waals surface area (Å²) in [4.78, 5) is 4.41. The summed E-state index contributed by atoms with van der Waals surface area (Å²) in [6.07, 6.45) is 1.08. The molecule has 2 rings (SSSR count). The third-order valence-electron chi connectivity index (χ3n) is 2.19. The second kappa shape index (κ2) is 3.02. The van der Waals surface area contributed by atoms with E-state index in [1.54, 1.807) is 0 Å². The van der Waals surface area contributed by atoms with E-state index in [0.29, 0.717) is 0 Å². The van der Waals surface area contributed by atoms with Crippen molar-refractivity contribution in [3.05, 3.63) is 33.8 Å². The molecule has 0 aromatic heterocycles. The van der Waals surface area contributed by atoms with Crippen molar-refractivity contribution in [3.8, 4) is 0 Å². The molecule has 0 aliphatic carbocycles. The summed E-state index contributed by atoms with van der Waals surface area (Å²) in [7, 11) is 0. The van der Waals surface area contributed by atoms with E-state index in [-0.39, 0.29) is 0 Å². The molecule has 1 aromatic carbocycles. The lowest BCUT2D eigenvalue weighted by molar-refractivity contribution is 0.941. The molecule has 1 aliphatic heterocycles. The van der Waals surface area contributed by atoms with Gasteiger partial charge in [0.05, 0.1) is 0 Å². The predicted octanol–water partition coefficient (Wildman–Crippen LogP) is 2.81. The maximum Gasteiger partial charge on any atom is 0.0433 e. The number of halogens is 1. The first-order valence-corrected chi connectivity index (χ1v) is 4.86. The van der Waals surface area contributed by atoms with Crippen molar-refractivity contribution in [2.75, 3.05) is 6.54 Å². The average molecular weight is 224 g/mol. The first-order chi connectivity index (χ1) is 5.77. The lowest BCUT2D eigenvalue weighted by Gasteiger charge is -2.13. The van der Waals surface area contributed by atoms with Gasteiger partial charge in [-0.05, 0) is 36.6 Å². The molecule has 0 saturated carbocycles. The Hall–Kier alpha value is -0.630. The van der Waals surface area contributed by atoms with Crippen LogP contribution in [0.3, 0.4) is 0 Å². The van der Waals surface area contributed by atoms with Crippen LogP contribution in [-0.4, -0.2) is 12.3 Å². The zero-order chi connectivity index (χ0) is 8.55. The summed E-state index contributed by atoms with van der Waals surface area (Å²) < 4.78 is 1.14. The van der Waals surface area contributed by atoms with E-state index in [0.717, 1.165) is 23.1 Å². The zero-order valence-electron chi connectivity index (χ0n) is 6.97. The number of benzene rings is 1. The molecule has 0 amide bonds. The smallest absolute Gasteiger partial charge is 0.0433 e. The van der Waals surface area contributed by atoms with Crippen molar-refractivity contribution in [2.45, 2.75) is 13.3 Å². The molecule has 0 unspecified atom stereocenters. The standard InChI is InChI=1S/C10H10BrN/c1-7-10-6-9(11)3-2-8(10)4-5-12-7/h2-3,6H,4-5H2,1H3. The Morgan fingerprint density at radius 3 is 3.08 bits per heavy atom. The summed E-state index contributed by atoms with van der Waals surface area (Å²) in [5, 5.41) is 0. The molecule has 1 nitrogen and oxygen atoms in total. The van der Waals surface area contributed by atoms with Crippen molar-refractivity contribution in [3.63, 3.8) is 0 Å². The lowest BCUT2D eigenvalue weighted by atomic mass is 9.99. The number of aliphatic imine (C=N–C) groups is 1. The molecule has 0 N–H and O–H groups in total. The summed E-state index contributed by atoms with van der Waals surface area (Å²) in [5.41, 5.74) is 3.89. The number of rotatable bonds is 0. The van der Waals surface area contributed by atoms with Crippen LogP contribution in [0, 0.1) is 0 Å². The minimum Gasteiger partial charge on any atom is -0.289 e. The minimum atomic E-state index is 0.945. The van der Waals surface area contributed by atoms with Crippen molar-refractivity contribution in [1.29, 1.82) is 0 Å². The topological polar surface area (TPSA) is 12.4 Å². The number of hydrogen-bond acceptors (Lipinski definition) is 1. The van der Waals surface area contributed by atoms with Gasteiger partial charge >= 0.3 is 0 Å². The van der Waals surface area contributed by atoms with Crippen molar-refractivity contribution in [1.82, 2.24) is 0 Å². The van der Waals surface area contributed by atoms with E-state index in [4.69, 9.17) is 0 Å². The molecular formula is C10H10BrN. The SMILES string of the molecule is CC1=NCCc2ccc(Br)cc21. The van der Waals surface area contributed by atoms with Gasteiger partial charge in [-0.1, -0.05) is 22.0 Å². The molecule has 1 aliphatic rings. The van der Waals surface area contributed by atoms with Crippen LogP contribution in [0.15, 0.2) is 27.7 Å². The molecule has 0 saturated heterocycles. The van der Waals surface area contributed by atoms with E-state index < -0.39 is 0 Å². The fourth-order valence-corrected chi connectivity index (χ4v) is 1.89. The van der Waals surface area contributed by atoms with Gasteiger partial charge in [0.25, 0.3) is 0 Å². The largest absolute Gasteiger partial charge is 0.289 e. The monoisotopic (exact) mass is 223 g/mol. The number of hydrogen-bond donors (Lipinski definition) is 0. The maximum atomic E-state index is 4.41. The van der Waals surface area contributed by atoms with Crippen LogP contribution in [0.1, 0.15) is 18.1 Å². The second-order valence-corrected chi connectivity index (χ2v) is 3.93. The first-order valence-electron chi connectivity index (χ1n) is 4.07. The first kappa shape index (κ1) is 7.99. The van der Waals surface area contributed by atoms with Gasteiger partial charge in [0.15, 0.2) is 0 Å². The zero-order valence-corrected chi connectivity index (χ0v) is 8.56. The van der Waals surface area contributed by atoms with Gasteiger partial charge in [0.2, 0.25) is 0 Å². The van der Waals surface area contributed by atoms with Crippen molar-refractivity contribution in [2.24, 2.45) is 4.99 Å². The van der Waals surface area contributed by atoms with E-state index in [1.165, 1.54) is 11.1 Å². The molecule has 2 heteroatoms. The highest BCUT2D eigenvalue weighted by molar-refractivity contribution is 9.10. The molecule has 62 valence electrons. The highest BCUT2D eigenvalue weighted by Crippen LogP contribution is 2.20. The molecule has 0 radical (unpaired) electrons. The molecule has 0 spiro atoms. The highest BCUT2D eigenvalue weighted by Gasteiger charge is 2.09. The summed E-state index contributed by atoms with van der Waals surface area (Å²) >= 11 is 3.46. The molecular weight excluding hydrogens is 214 g/mol. The fraction of sp³-hybridized carbons (Fsp3) is 0.300. The van der Waals surface area contributed by atoms with Gasteiger partial charge in [-0.2, -0.15) is 0 Å². The van der Waals surface area contributed by atoms with Crippen LogP contribution in [0.5, 0.6) is 0 Å². The minimum absolute atomic E-state index is 0.945. The van der Waals surface area contributed by atoms with Gasteiger partial charge in [0, 0.05) is 16.7 Å². The van der Waals surface area contributed by atoms with Crippen LogP contribution in [-0.2, 0) is 6.42 Å². The van der Waals surface area contributed by atoms with Gasteiger partial charge in [-0.3, -0.25) is 4.99 Å². The summed E-state index contributed by atoms with van der Waals surface area (Å²) in [6.45, 7) is 3.02. The van der Waals surface area contributed by atoms with Crippen LogP contribution in [0.25, 0.3) is 0 Å². The molecule has 1 heterocycles. The van der Waals surface area contributed by atoms with E-state index in [9.17, 15) is 0 Å². The average Bonchev–Trinajstić information content (AvgIpc) is 2.07. The molecule has 0 bridgehead atoms. The number of fused-ring (bicyclic) bond motifs is 1. The Morgan fingerprint density at radius 2 is 2.25 bits per heavy atom. The molecule has 0 fully saturated rings. The third kappa shape index (κ3) is 1.31. The number of nitrogens with zero attached hydrogens (tertiary/aromatic N) is 1. The Bertz CT molecular complexity index is 342. The van der Waals surface area contributed by atoms with Crippen molar-refractivity contribution < 1.29 is 0 Å². The highest BCUT2D eigenvalue weighted by atomic mass is 79.9. The van der Waals surface area contributed by atoms with E-state index >= 15 is 0 Å². The Kier molecular flexibility index (Phi) is 2.01. The van der Waals surface area contributed by atoms with Gasteiger partial charge in [0.1, 0.15) is 0 Å². The normalized spacial score (nSPS) is 15.3. The third-order valence-corrected chi connectivity index (χ3v) is 2.69. The molecule has 0 atom stereocenters. The van der Waals surface area contributed by atoms with Gasteiger partial charge < -0.3 is 0 Å². The van der Waals surface area contributed by atoms with E-state index in [1.807, 2.05) is 0 Å². The lowest BCUT2D eigenvalue weighted by Crippen LogP contribution is -2.09. The van der Waals surface area contributed by atoms with Crippen LogP contribution < -0.4 is 0 Å². The Labute approximate surface area is 80.6 Å². The summed E-state index contributed by atoms with van der Waals surface area (Å²) in [5.74, 6) is 0. The maximum absolute atomic E-state index is 4.41. The fourth-order valence-electron chi connectivity index (χ4n) is 1.53. The second-order valence-electron chi connectivity index (χ2n) is 3.02.